The number of carbonyl (C=O) groups excluding carboxylic acids is 1. The van der Waals surface area contributed by atoms with Gasteiger partial charge in [-0.1, -0.05) is 29.8 Å². The number of hydrogen-bond donors (Lipinski definition) is 1. The molecule has 0 aliphatic carbocycles. The lowest BCUT2D eigenvalue weighted by atomic mass is 10.0. The van der Waals surface area contributed by atoms with Crippen LogP contribution in [0.5, 0.6) is 0 Å². The van der Waals surface area contributed by atoms with Gasteiger partial charge >= 0.3 is 0 Å². The maximum atomic E-state index is 12.6. The van der Waals surface area contributed by atoms with E-state index >= 15 is 0 Å². The SMILES string of the molecule is Cc1ccc(C(N)C(=O)N2CCN(Cc3ccncc3)CC2)cc1. The van der Waals surface area contributed by atoms with Crippen LogP contribution in [0.3, 0.4) is 0 Å². The van der Waals surface area contributed by atoms with Gasteiger partial charge in [0.25, 0.3) is 0 Å². The van der Waals surface area contributed by atoms with Gasteiger partial charge in [-0.3, -0.25) is 14.7 Å². The third kappa shape index (κ3) is 3.99. The van der Waals surface area contributed by atoms with Gasteiger partial charge < -0.3 is 10.6 Å². The van der Waals surface area contributed by atoms with Crippen molar-refractivity contribution >= 4 is 5.91 Å². The van der Waals surface area contributed by atoms with Crippen LogP contribution in [0.2, 0.25) is 0 Å². The molecule has 2 heterocycles. The Morgan fingerprint density at radius 2 is 1.71 bits per heavy atom. The van der Waals surface area contributed by atoms with Crippen LogP contribution in [-0.4, -0.2) is 46.9 Å². The number of pyridine rings is 1. The minimum absolute atomic E-state index is 0.0161. The van der Waals surface area contributed by atoms with Crippen molar-refractivity contribution < 1.29 is 4.79 Å². The Morgan fingerprint density at radius 3 is 2.33 bits per heavy atom. The molecule has 1 aromatic heterocycles. The number of nitrogens with zero attached hydrogens (tertiary/aromatic N) is 3. The highest BCUT2D eigenvalue weighted by Crippen LogP contribution is 2.16. The van der Waals surface area contributed by atoms with E-state index in [4.69, 9.17) is 5.73 Å². The molecule has 1 unspecified atom stereocenters. The Labute approximate surface area is 143 Å². The molecule has 1 amide bonds. The number of rotatable bonds is 4. The number of hydrogen-bond acceptors (Lipinski definition) is 4. The smallest absolute Gasteiger partial charge is 0.244 e. The third-order valence-corrected chi connectivity index (χ3v) is 4.54. The van der Waals surface area contributed by atoms with Crippen molar-refractivity contribution in [1.82, 2.24) is 14.8 Å². The summed E-state index contributed by atoms with van der Waals surface area (Å²) in [5, 5.41) is 0. The molecular weight excluding hydrogens is 300 g/mol. The number of piperazine rings is 1. The van der Waals surface area contributed by atoms with Crippen LogP contribution >= 0.6 is 0 Å². The number of nitrogens with two attached hydrogens (primary N) is 1. The first-order valence-corrected chi connectivity index (χ1v) is 8.35. The quantitative estimate of drug-likeness (QED) is 0.930. The van der Waals surface area contributed by atoms with Gasteiger partial charge in [-0.2, -0.15) is 0 Å². The lowest BCUT2D eigenvalue weighted by Crippen LogP contribution is -2.50. The molecule has 5 heteroatoms. The van der Waals surface area contributed by atoms with Crippen molar-refractivity contribution in [3.63, 3.8) is 0 Å². The summed E-state index contributed by atoms with van der Waals surface area (Å²) in [5.74, 6) is 0.0161. The number of benzene rings is 1. The molecule has 24 heavy (non-hydrogen) atoms. The van der Waals surface area contributed by atoms with Gasteiger partial charge in [0, 0.05) is 45.1 Å². The largest absolute Gasteiger partial charge is 0.338 e. The second-order valence-corrected chi connectivity index (χ2v) is 6.35. The molecule has 1 aromatic carbocycles. The molecule has 126 valence electrons. The summed E-state index contributed by atoms with van der Waals surface area (Å²) in [6, 6.07) is 11.4. The number of aryl methyl sites for hydroxylation is 1. The summed E-state index contributed by atoms with van der Waals surface area (Å²) in [5.41, 5.74) is 9.47. The van der Waals surface area contributed by atoms with Crippen LogP contribution in [0.4, 0.5) is 0 Å². The Hall–Kier alpha value is -2.24. The molecular formula is C19H24N4O. The first-order valence-electron chi connectivity index (χ1n) is 8.35. The zero-order chi connectivity index (χ0) is 16.9. The van der Waals surface area contributed by atoms with Gasteiger partial charge in [-0.25, -0.2) is 0 Å². The summed E-state index contributed by atoms with van der Waals surface area (Å²) >= 11 is 0. The molecule has 1 atom stereocenters. The summed E-state index contributed by atoms with van der Waals surface area (Å²) < 4.78 is 0. The van der Waals surface area contributed by atoms with Crippen molar-refractivity contribution in [2.75, 3.05) is 26.2 Å². The average Bonchev–Trinajstić information content (AvgIpc) is 2.63. The van der Waals surface area contributed by atoms with Crippen molar-refractivity contribution in [2.24, 2.45) is 5.73 Å². The molecule has 2 N–H and O–H groups in total. The van der Waals surface area contributed by atoms with E-state index in [1.165, 1.54) is 11.1 Å². The third-order valence-electron chi connectivity index (χ3n) is 4.54. The van der Waals surface area contributed by atoms with Gasteiger partial charge in [-0.05, 0) is 30.2 Å². The highest BCUT2D eigenvalue weighted by Gasteiger charge is 2.26. The van der Waals surface area contributed by atoms with Crippen LogP contribution in [0, 0.1) is 6.92 Å². The van der Waals surface area contributed by atoms with Crippen LogP contribution in [-0.2, 0) is 11.3 Å². The molecule has 1 aliphatic rings. The molecule has 0 saturated carbocycles. The van der Waals surface area contributed by atoms with Gasteiger partial charge in [-0.15, -0.1) is 0 Å². The van der Waals surface area contributed by atoms with E-state index in [0.29, 0.717) is 0 Å². The maximum absolute atomic E-state index is 12.6. The molecule has 1 fully saturated rings. The van der Waals surface area contributed by atoms with E-state index < -0.39 is 6.04 Å². The summed E-state index contributed by atoms with van der Waals surface area (Å²) in [6.07, 6.45) is 3.63. The van der Waals surface area contributed by atoms with Crippen LogP contribution in [0.1, 0.15) is 22.7 Å². The summed E-state index contributed by atoms with van der Waals surface area (Å²) in [6.45, 7) is 6.12. The van der Waals surface area contributed by atoms with E-state index in [9.17, 15) is 4.79 Å². The highest BCUT2D eigenvalue weighted by molar-refractivity contribution is 5.83. The number of amides is 1. The van der Waals surface area contributed by atoms with Crippen molar-refractivity contribution in [2.45, 2.75) is 19.5 Å². The monoisotopic (exact) mass is 324 g/mol. The number of carbonyl (C=O) groups is 1. The van der Waals surface area contributed by atoms with Gasteiger partial charge in [0.15, 0.2) is 0 Å². The molecule has 3 rings (SSSR count). The zero-order valence-electron chi connectivity index (χ0n) is 14.1. The molecule has 2 aromatic rings. The van der Waals surface area contributed by atoms with Crippen molar-refractivity contribution in [3.8, 4) is 0 Å². The molecule has 0 radical (unpaired) electrons. The summed E-state index contributed by atoms with van der Waals surface area (Å²) in [4.78, 5) is 20.9. The van der Waals surface area contributed by atoms with Crippen molar-refractivity contribution in [3.05, 3.63) is 65.5 Å². The van der Waals surface area contributed by atoms with E-state index in [1.54, 1.807) is 0 Å². The van der Waals surface area contributed by atoms with Gasteiger partial charge in [0.05, 0.1) is 0 Å². The van der Waals surface area contributed by atoms with E-state index in [0.717, 1.165) is 38.3 Å². The van der Waals surface area contributed by atoms with E-state index in [-0.39, 0.29) is 5.91 Å². The maximum Gasteiger partial charge on any atom is 0.244 e. The fourth-order valence-electron chi connectivity index (χ4n) is 2.99. The molecule has 5 nitrogen and oxygen atoms in total. The Balaban J connectivity index is 1.54. The van der Waals surface area contributed by atoms with Gasteiger partial charge in [0.1, 0.15) is 6.04 Å². The predicted octanol–water partition coefficient (Wildman–Crippen LogP) is 1.73. The second kappa shape index (κ2) is 7.55. The van der Waals surface area contributed by atoms with Crippen molar-refractivity contribution in [1.29, 1.82) is 0 Å². The molecule has 1 saturated heterocycles. The van der Waals surface area contributed by atoms with Crippen LogP contribution in [0.25, 0.3) is 0 Å². The fourth-order valence-corrected chi connectivity index (χ4v) is 2.99. The molecule has 1 aliphatic heterocycles. The Kier molecular flexibility index (Phi) is 5.23. The normalized spacial score (nSPS) is 16.8. The minimum Gasteiger partial charge on any atom is -0.338 e. The van der Waals surface area contributed by atoms with E-state index in [2.05, 4.69) is 9.88 Å². The molecule has 0 bridgehead atoms. The van der Waals surface area contributed by atoms with E-state index in [1.807, 2.05) is 60.6 Å². The Bertz CT molecular complexity index is 664. The second-order valence-electron chi connectivity index (χ2n) is 6.35. The summed E-state index contributed by atoms with van der Waals surface area (Å²) in [7, 11) is 0. The first-order chi connectivity index (χ1) is 11.6. The average molecular weight is 324 g/mol. The Morgan fingerprint density at radius 1 is 1.08 bits per heavy atom. The lowest BCUT2D eigenvalue weighted by Gasteiger charge is -2.36. The lowest BCUT2D eigenvalue weighted by molar-refractivity contribution is -0.134. The van der Waals surface area contributed by atoms with Crippen LogP contribution < -0.4 is 5.73 Å². The standard InChI is InChI=1S/C19H24N4O/c1-15-2-4-17(5-3-15)18(20)19(24)23-12-10-22(11-13-23)14-16-6-8-21-9-7-16/h2-9,18H,10-14,20H2,1H3. The zero-order valence-corrected chi connectivity index (χ0v) is 14.1. The highest BCUT2D eigenvalue weighted by atomic mass is 16.2. The fraction of sp³-hybridized carbons (Fsp3) is 0.368. The number of aromatic nitrogens is 1. The topological polar surface area (TPSA) is 62.5 Å². The van der Waals surface area contributed by atoms with Gasteiger partial charge in [0.2, 0.25) is 5.91 Å². The molecule has 0 spiro atoms. The predicted molar refractivity (Wildman–Crippen MR) is 94.2 cm³/mol. The minimum atomic E-state index is -0.572. The first kappa shape index (κ1) is 16.6. The van der Waals surface area contributed by atoms with Crippen LogP contribution in [0.15, 0.2) is 48.8 Å².